The van der Waals surface area contributed by atoms with Gasteiger partial charge in [-0.15, -0.1) is 11.3 Å². The molecule has 0 bridgehead atoms. The Balaban J connectivity index is 2.39. The lowest BCUT2D eigenvalue weighted by molar-refractivity contribution is 0.801. The Morgan fingerprint density at radius 2 is 2.23 bits per heavy atom. The van der Waals surface area contributed by atoms with Crippen LogP contribution in [-0.2, 0) is 6.42 Å². The summed E-state index contributed by atoms with van der Waals surface area (Å²) in [7, 11) is 0. The number of hydrogen-bond acceptors (Lipinski definition) is 2. The zero-order valence-electron chi connectivity index (χ0n) is 8.34. The molecule has 1 aromatic heterocycles. The molecule has 13 heavy (non-hydrogen) atoms. The van der Waals surface area contributed by atoms with Crippen LogP contribution in [0.3, 0.4) is 0 Å². The number of likely N-dealkylation sites (N-methyl/N-ethyl adjacent to an activating group) is 1. The molecule has 0 fully saturated rings. The highest BCUT2D eigenvalue weighted by Gasteiger charge is 1.92. The molecule has 1 aromatic rings. The van der Waals surface area contributed by atoms with Crippen LogP contribution >= 0.6 is 11.3 Å². The molecule has 0 aliphatic heterocycles. The number of rotatable bonds is 5. The Labute approximate surface area is 84.5 Å². The van der Waals surface area contributed by atoms with E-state index in [1.807, 2.05) is 11.3 Å². The van der Waals surface area contributed by atoms with E-state index < -0.39 is 0 Å². The summed E-state index contributed by atoms with van der Waals surface area (Å²) in [6.07, 6.45) is 5.51. The molecule has 0 radical (unpaired) electrons. The molecule has 1 rings (SSSR count). The minimum absolute atomic E-state index is 0.968. The van der Waals surface area contributed by atoms with Crippen LogP contribution in [0.5, 0.6) is 0 Å². The predicted octanol–water partition coefficient (Wildman–Crippen LogP) is 2.93. The lowest BCUT2D eigenvalue weighted by atomic mass is 10.3. The number of nitrogens with one attached hydrogen (secondary N) is 1. The quantitative estimate of drug-likeness (QED) is 0.712. The van der Waals surface area contributed by atoms with Crippen molar-refractivity contribution in [3.05, 3.63) is 28.0 Å². The third-order valence-corrected chi connectivity index (χ3v) is 3.02. The molecule has 0 aliphatic rings. The smallest absolute Gasteiger partial charge is 0.0270 e. The van der Waals surface area contributed by atoms with Gasteiger partial charge in [0.25, 0.3) is 0 Å². The normalized spacial score (nSPS) is 11.2. The Kier molecular flexibility index (Phi) is 4.79. The molecule has 1 N–H and O–H groups in total. The zero-order valence-corrected chi connectivity index (χ0v) is 9.16. The maximum Gasteiger partial charge on any atom is 0.0270 e. The second kappa shape index (κ2) is 5.95. The van der Waals surface area contributed by atoms with Gasteiger partial charge in [0.1, 0.15) is 0 Å². The average molecular weight is 195 g/mol. The van der Waals surface area contributed by atoms with Crippen LogP contribution in [0, 0.1) is 0 Å². The molecule has 0 spiro atoms. The van der Waals surface area contributed by atoms with E-state index in [2.05, 4.69) is 43.4 Å². The van der Waals surface area contributed by atoms with E-state index in [0.717, 1.165) is 19.5 Å². The average Bonchev–Trinajstić information content (AvgIpc) is 2.60. The van der Waals surface area contributed by atoms with E-state index >= 15 is 0 Å². The molecule has 0 amide bonds. The topological polar surface area (TPSA) is 12.0 Å². The monoisotopic (exact) mass is 195 g/mol. The van der Waals surface area contributed by atoms with Gasteiger partial charge in [-0.25, -0.2) is 0 Å². The Hall–Kier alpha value is -0.600. The van der Waals surface area contributed by atoms with Crippen LogP contribution in [0.1, 0.15) is 23.6 Å². The summed E-state index contributed by atoms with van der Waals surface area (Å²) in [5.41, 5.74) is 0. The Morgan fingerprint density at radius 3 is 2.85 bits per heavy atom. The van der Waals surface area contributed by atoms with Crippen LogP contribution in [0.2, 0.25) is 0 Å². The summed E-state index contributed by atoms with van der Waals surface area (Å²) in [6.45, 7) is 6.32. The molecule has 0 saturated heterocycles. The minimum atomic E-state index is 0.968. The number of aryl methyl sites for hydroxylation is 1. The minimum Gasteiger partial charge on any atom is -0.314 e. The van der Waals surface area contributed by atoms with Gasteiger partial charge in [0, 0.05) is 16.3 Å². The predicted molar refractivity (Wildman–Crippen MR) is 61.3 cm³/mol. The summed E-state index contributed by atoms with van der Waals surface area (Å²) in [5, 5.41) is 3.26. The van der Waals surface area contributed by atoms with E-state index in [4.69, 9.17) is 0 Å². The summed E-state index contributed by atoms with van der Waals surface area (Å²) in [4.78, 5) is 2.82. The molecule has 0 aliphatic carbocycles. The largest absolute Gasteiger partial charge is 0.314 e. The van der Waals surface area contributed by atoms with Crippen molar-refractivity contribution in [3.63, 3.8) is 0 Å². The van der Waals surface area contributed by atoms with Gasteiger partial charge in [-0.05, 0) is 31.2 Å². The second-order valence-electron chi connectivity index (χ2n) is 2.87. The first-order valence-corrected chi connectivity index (χ1v) is 5.64. The van der Waals surface area contributed by atoms with Gasteiger partial charge >= 0.3 is 0 Å². The molecule has 0 unspecified atom stereocenters. The molecule has 0 aromatic carbocycles. The van der Waals surface area contributed by atoms with Crippen LogP contribution in [0.25, 0.3) is 6.08 Å². The van der Waals surface area contributed by atoms with Gasteiger partial charge in [0.2, 0.25) is 0 Å². The third kappa shape index (κ3) is 3.75. The summed E-state index contributed by atoms with van der Waals surface area (Å²) < 4.78 is 0. The first kappa shape index (κ1) is 10.5. The molecule has 0 atom stereocenters. The fourth-order valence-electron chi connectivity index (χ4n) is 1.08. The number of hydrogen-bond donors (Lipinski definition) is 1. The molecule has 0 saturated carbocycles. The van der Waals surface area contributed by atoms with E-state index in [1.165, 1.54) is 9.75 Å². The molecule has 72 valence electrons. The maximum absolute atomic E-state index is 3.26. The highest BCUT2D eigenvalue weighted by molar-refractivity contribution is 7.12. The Bertz CT molecular complexity index is 263. The third-order valence-electron chi connectivity index (χ3n) is 1.83. The van der Waals surface area contributed by atoms with Crippen molar-refractivity contribution in [1.82, 2.24) is 5.32 Å². The summed E-state index contributed by atoms with van der Waals surface area (Å²) >= 11 is 1.88. The van der Waals surface area contributed by atoms with E-state index in [0.29, 0.717) is 0 Å². The van der Waals surface area contributed by atoms with Gasteiger partial charge in [-0.1, -0.05) is 19.9 Å². The standard InChI is InChI=1S/C11H17NS/c1-3-10-7-8-11(13-10)6-5-9-12-4-2/h5-8,12H,3-4,9H2,1-2H3. The van der Waals surface area contributed by atoms with Crippen molar-refractivity contribution in [2.24, 2.45) is 0 Å². The van der Waals surface area contributed by atoms with Crippen LogP contribution in [0.15, 0.2) is 18.2 Å². The van der Waals surface area contributed by atoms with Gasteiger partial charge in [0.15, 0.2) is 0 Å². The van der Waals surface area contributed by atoms with E-state index in [-0.39, 0.29) is 0 Å². The molecule has 1 nitrogen and oxygen atoms in total. The van der Waals surface area contributed by atoms with Gasteiger partial charge < -0.3 is 5.32 Å². The summed E-state index contributed by atoms with van der Waals surface area (Å²) in [6, 6.07) is 4.39. The van der Waals surface area contributed by atoms with Gasteiger partial charge in [-0.3, -0.25) is 0 Å². The highest BCUT2D eigenvalue weighted by atomic mass is 32.1. The van der Waals surface area contributed by atoms with Crippen molar-refractivity contribution >= 4 is 17.4 Å². The van der Waals surface area contributed by atoms with Crippen molar-refractivity contribution < 1.29 is 0 Å². The molecule has 2 heteroatoms. The lowest BCUT2D eigenvalue weighted by Crippen LogP contribution is -2.11. The second-order valence-corrected chi connectivity index (χ2v) is 4.07. The fourth-order valence-corrected chi connectivity index (χ4v) is 1.96. The fraction of sp³-hybridized carbons (Fsp3) is 0.455. The van der Waals surface area contributed by atoms with Crippen molar-refractivity contribution in [1.29, 1.82) is 0 Å². The lowest BCUT2D eigenvalue weighted by Gasteiger charge is -1.91. The van der Waals surface area contributed by atoms with Crippen LogP contribution < -0.4 is 5.32 Å². The molecular weight excluding hydrogens is 178 g/mol. The number of thiophene rings is 1. The SMILES string of the molecule is CCNCC=Cc1ccc(CC)s1. The van der Waals surface area contributed by atoms with Crippen LogP contribution in [-0.4, -0.2) is 13.1 Å². The zero-order chi connectivity index (χ0) is 9.52. The molecule has 1 heterocycles. The van der Waals surface area contributed by atoms with Crippen molar-refractivity contribution in [2.75, 3.05) is 13.1 Å². The molecular formula is C11H17NS. The Morgan fingerprint density at radius 1 is 1.38 bits per heavy atom. The first-order valence-electron chi connectivity index (χ1n) is 4.82. The maximum atomic E-state index is 3.26. The van der Waals surface area contributed by atoms with Crippen molar-refractivity contribution in [3.8, 4) is 0 Å². The van der Waals surface area contributed by atoms with Crippen molar-refractivity contribution in [2.45, 2.75) is 20.3 Å². The van der Waals surface area contributed by atoms with Gasteiger partial charge in [-0.2, -0.15) is 0 Å². The van der Waals surface area contributed by atoms with Gasteiger partial charge in [0.05, 0.1) is 0 Å². The van der Waals surface area contributed by atoms with Crippen LogP contribution in [0.4, 0.5) is 0 Å². The summed E-state index contributed by atoms with van der Waals surface area (Å²) in [5.74, 6) is 0. The van der Waals surface area contributed by atoms with E-state index in [9.17, 15) is 0 Å². The first-order chi connectivity index (χ1) is 6.36. The highest BCUT2D eigenvalue weighted by Crippen LogP contribution is 2.17. The van der Waals surface area contributed by atoms with E-state index in [1.54, 1.807) is 0 Å².